The van der Waals surface area contributed by atoms with Crippen LogP contribution < -0.4 is 4.74 Å². The average molecular weight is 261 g/mol. The zero-order chi connectivity index (χ0) is 13.2. The molecule has 96 valence electrons. The first-order valence-corrected chi connectivity index (χ1v) is 6.89. The molecule has 0 aliphatic carbocycles. The molecule has 0 aliphatic rings. The SMILES string of the molecule is COc1ccc(Cc2cnc(C(C)(C)C)s2)cc1. The Morgan fingerprint density at radius 1 is 1.17 bits per heavy atom. The minimum Gasteiger partial charge on any atom is -0.497 e. The van der Waals surface area contributed by atoms with Crippen LogP contribution in [0.1, 0.15) is 36.2 Å². The molecule has 0 saturated heterocycles. The lowest BCUT2D eigenvalue weighted by Crippen LogP contribution is -2.09. The Bertz CT molecular complexity index is 508. The third kappa shape index (κ3) is 3.10. The molecular formula is C15H19NOS. The maximum absolute atomic E-state index is 5.16. The lowest BCUT2D eigenvalue weighted by molar-refractivity contribution is 0.414. The van der Waals surface area contributed by atoms with E-state index in [-0.39, 0.29) is 5.41 Å². The largest absolute Gasteiger partial charge is 0.497 e. The maximum atomic E-state index is 5.16. The molecule has 2 aromatic rings. The normalized spacial score (nSPS) is 11.6. The molecule has 0 saturated carbocycles. The number of nitrogens with zero attached hydrogens (tertiary/aromatic N) is 1. The van der Waals surface area contributed by atoms with Crippen LogP contribution >= 0.6 is 11.3 Å². The van der Waals surface area contributed by atoms with Crippen molar-refractivity contribution in [3.05, 3.63) is 45.9 Å². The lowest BCUT2D eigenvalue weighted by atomic mass is 9.98. The highest BCUT2D eigenvalue weighted by Gasteiger charge is 2.17. The number of thiazole rings is 1. The molecule has 2 rings (SSSR count). The van der Waals surface area contributed by atoms with Crippen molar-refractivity contribution in [2.45, 2.75) is 32.6 Å². The molecule has 0 unspecified atom stereocenters. The monoisotopic (exact) mass is 261 g/mol. The molecule has 18 heavy (non-hydrogen) atoms. The van der Waals surface area contributed by atoms with Gasteiger partial charge in [-0.1, -0.05) is 32.9 Å². The van der Waals surface area contributed by atoms with Crippen molar-refractivity contribution in [3.63, 3.8) is 0 Å². The van der Waals surface area contributed by atoms with Crippen molar-refractivity contribution in [3.8, 4) is 5.75 Å². The van der Waals surface area contributed by atoms with Crippen molar-refractivity contribution < 1.29 is 4.74 Å². The number of hydrogen-bond acceptors (Lipinski definition) is 3. The third-order valence-electron chi connectivity index (χ3n) is 2.73. The van der Waals surface area contributed by atoms with Gasteiger partial charge in [0.2, 0.25) is 0 Å². The molecule has 0 bridgehead atoms. The van der Waals surface area contributed by atoms with E-state index in [9.17, 15) is 0 Å². The standard InChI is InChI=1S/C15H19NOS/c1-15(2,3)14-16-10-13(18-14)9-11-5-7-12(17-4)8-6-11/h5-8,10H,9H2,1-4H3. The van der Waals surface area contributed by atoms with E-state index in [1.165, 1.54) is 15.4 Å². The van der Waals surface area contributed by atoms with E-state index >= 15 is 0 Å². The van der Waals surface area contributed by atoms with Crippen LogP contribution in [0.25, 0.3) is 0 Å². The van der Waals surface area contributed by atoms with Gasteiger partial charge in [-0.05, 0) is 17.7 Å². The van der Waals surface area contributed by atoms with Gasteiger partial charge >= 0.3 is 0 Å². The van der Waals surface area contributed by atoms with E-state index in [0.717, 1.165) is 12.2 Å². The average Bonchev–Trinajstić information content (AvgIpc) is 2.78. The molecule has 0 atom stereocenters. The summed E-state index contributed by atoms with van der Waals surface area (Å²) in [6.07, 6.45) is 2.94. The molecule has 3 heteroatoms. The van der Waals surface area contributed by atoms with Crippen LogP contribution in [0.3, 0.4) is 0 Å². The van der Waals surface area contributed by atoms with Crippen LogP contribution in [0.5, 0.6) is 5.75 Å². The predicted octanol–water partition coefficient (Wildman–Crippen LogP) is 4.04. The fourth-order valence-corrected chi connectivity index (χ4v) is 2.68. The summed E-state index contributed by atoms with van der Waals surface area (Å²) in [5.41, 5.74) is 1.43. The van der Waals surface area contributed by atoms with Gasteiger partial charge in [0.05, 0.1) is 12.1 Å². The molecule has 2 nitrogen and oxygen atoms in total. The Morgan fingerprint density at radius 3 is 2.33 bits per heavy atom. The second kappa shape index (κ2) is 5.11. The van der Waals surface area contributed by atoms with Crippen LogP contribution in [0.15, 0.2) is 30.5 Å². The Morgan fingerprint density at radius 2 is 1.83 bits per heavy atom. The molecule has 0 amide bonds. The van der Waals surface area contributed by atoms with Crippen LogP contribution in [0, 0.1) is 0 Å². The van der Waals surface area contributed by atoms with E-state index in [0.29, 0.717) is 0 Å². The summed E-state index contributed by atoms with van der Waals surface area (Å²) >= 11 is 1.80. The summed E-state index contributed by atoms with van der Waals surface area (Å²) in [6, 6.07) is 8.21. The second-order valence-electron chi connectivity index (χ2n) is 5.41. The zero-order valence-corrected chi connectivity index (χ0v) is 12.2. The molecule has 0 fully saturated rings. The van der Waals surface area contributed by atoms with Crippen molar-refractivity contribution in [1.29, 1.82) is 0 Å². The molecule has 1 heterocycles. The Labute approximate surface area is 113 Å². The van der Waals surface area contributed by atoms with E-state index in [1.54, 1.807) is 18.4 Å². The van der Waals surface area contributed by atoms with Gasteiger partial charge in [0.15, 0.2) is 0 Å². The Balaban J connectivity index is 2.11. The first kappa shape index (κ1) is 13.1. The molecule has 0 radical (unpaired) electrons. The van der Waals surface area contributed by atoms with Crippen LogP contribution in [-0.4, -0.2) is 12.1 Å². The van der Waals surface area contributed by atoms with E-state index in [1.807, 2.05) is 18.3 Å². The third-order valence-corrected chi connectivity index (χ3v) is 4.16. The van der Waals surface area contributed by atoms with Crippen LogP contribution in [-0.2, 0) is 11.8 Å². The van der Waals surface area contributed by atoms with Gasteiger partial charge in [-0.15, -0.1) is 11.3 Å². The first-order chi connectivity index (χ1) is 8.49. The van der Waals surface area contributed by atoms with E-state index < -0.39 is 0 Å². The fourth-order valence-electron chi connectivity index (χ4n) is 1.68. The second-order valence-corrected chi connectivity index (χ2v) is 6.52. The van der Waals surface area contributed by atoms with Gasteiger partial charge in [0, 0.05) is 22.9 Å². The molecule has 1 aromatic carbocycles. The van der Waals surface area contributed by atoms with Gasteiger partial charge < -0.3 is 4.74 Å². The molecule has 0 spiro atoms. The number of rotatable bonds is 3. The summed E-state index contributed by atoms with van der Waals surface area (Å²) in [5.74, 6) is 0.901. The molecular weight excluding hydrogens is 242 g/mol. The first-order valence-electron chi connectivity index (χ1n) is 6.07. The highest BCUT2D eigenvalue weighted by Crippen LogP contribution is 2.28. The molecule has 0 N–H and O–H groups in total. The minimum absolute atomic E-state index is 0.142. The van der Waals surface area contributed by atoms with E-state index in [2.05, 4.69) is 37.9 Å². The van der Waals surface area contributed by atoms with Crippen LogP contribution in [0.2, 0.25) is 0 Å². The minimum atomic E-state index is 0.142. The van der Waals surface area contributed by atoms with Crippen LogP contribution in [0.4, 0.5) is 0 Å². The van der Waals surface area contributed by atoms with Gasteiger partial charge in [0.25, 0.3) is 0 Å². The Kier molecular flexibility index (Phi) is 3.71. The fraction of sp³-hybridized carbons (Fsp3) is 0.400. The highest BCUT2D eigenvalue weighted by atomic mass is 32.1. The topological polar surface area (TPSA) is 22.1 Å². The number of ether oxygens (including phenoxy) is 1. The summed E-state index contributed by atoms with van der Waals surface area (Å²) in [5, 5.41) is 1.20. The summed E-state index contributed by atoms with van der Waals surface area (Å²) in [7, 11) is 1.69. The zero-order valence-electron chi connectivity index (χ0n) is 11.4. The predicted molar refractivity (Wildman–Crippen MR) is 76.6 cm³/mol. The van der Waals surface area contributed by atoms with Crippen molar-refractivity contribution in [1.82, 2.24) is 4.98 Å². The van der Waals surface area contributed by atoms with Gasteiger partial charge in [-0.3, -0.25) is 0 Å². The summed E-state index contributed by atoms with van der Waals surface area (Å²) in [6.45, 7) is 6.59. The lowest BCUT2D eigenvalue weighted by Gasteiger charge is -2.13. The summed E-state index contributed by atoms with van der Waals surface area (Å²) in [4.78, 5) is 5.82. The Hall–Kier alpha value is -1.35. The summed E-state index contributed by atoms with van der Waals surface area (Å²) < 4.78 is 5.16. The quantitative estimate of drug-likeness (QED) is 0.832. The van der Waals surface area contributed by atoms with Gasteiger partial charge in [-0.25, -0.2) is 4.98 Å². The van der Waals surface area contributed by atoms with Gasteiger partial charge in [-0.2, -0.15) is 0 Å². The highest BCUT2D eigenvalue weighted by molar-refractivity contribution is 7.11. The van der Waals surface area contributed by atoms with Crippen molar-refractivity contribution in [2.24, 2.45) is 0 Å². The number of aromatic nitrogens is 1. The van der Waals surface area contributed by atoms with Gasteiger partial charge in [0.1, 0.15) is 5.75 Å². The maximum Gasteiger partial charge on any atom is 0.118 e. The van der Waals surface area contributed by atoms with E-state index in [4.69, 9.17) is 4.74 Å². The van der Waals surface area contributed by atoms with Crippen molar-refractivity contribution in [2.75, 3.05) is 7.11 Å². The number of hydrogen-bond donors (Lipinski definition) is 0. The molecule has 0 aliphatic heterocycles. The number of methoxy groups -OCH3 is 1. The number of benzene rings is 1. The van der Waals surface area contributed by atoms with Crippen molar-refractivity contribution >= 4 is 11.3 Å². The smallest absolute Gasteiger partial charge is 0.118 e. The molecule has 1 aromatic heterocycles.